The predicted molar refractivity (Wildman–Crippen MR) is 69.8 cm³/mol. The van der Waals surface area contributed by atoms with Gasteiger partial charge in [0.1, 0.15) is 0 Å². The molecule has 3 rings (SSSR count). The van der Waals surface area contributed by atoms with E-state index in [4.69, 9.17) is 0 Å². The average Bonchev–Trinajstić information content (AvgIpc) is 2.48. The summed E-state index contributed by atoms with van der Waals surface area (Å²) in [5, 5.41) is 11.0. The first-order chi connectivity index (χ1) is 8.07. The van der Waals surface area contributed by atoms with Crippen molar-refractivity contribution in [2.45, 2.75) is 50.5 Å². The van der Waals surface area contributed by atoms with Gasteiger partial charge >= 0.3 is 0 Å². The van der Waals surface area contributed by atoms with Crippen LogP contribution in [0.2, 0.25) is 0 Å². The second-order valence-corrected chi connectivity index (χ2v) is 7.26. The first-order valence-electron chi connectivity index (χ1n) is 7.44. The Labute approximate surface area is 105 Å². The molecule has 0 heterocycles. The van der Waals surface area contributed by atoms with E-state index in [0.29, 0.717) is 5.92 Å². The van der Waals surface area contributed by atoms with E-state index in [-0.39, 0.29) is 5.60 Å². The highest BCUT2D eigenvalue weighted by molar-refractivity contribution is 5.05. The Morgan fingerprint density at radius 1 is 1.12 bits per heavy atom. The summed E-state index contributed by atoms with van der Waals surface area (Å²) < 4.78 is 0. The van der Waals surface area contributed by atoms with Crippen LogP contribution in [0.1, 0.15) is 44.9 Å². The molecule has 1 unspecified atom stereocenters. The molecule has 3 bridgehead atoms. The first kappa shape index (κ1) is 12.0. The number of aliphatic hydroxyl groups is 1. The minimum absolute atomic E-state index is 0.297. The lowest BCUT2D eigenvalue weighted by Crippen LogP contribution is -2.46. The summed E-state index contributed by atoms with van der Waals surface area (Å²) in [5.41, 5.74) is -0.297. The third-order valence-corrected chi connectivity index (χ3v) is 5.64. The van der Waals surface area contributed by atoms with Gasteiger partial charge in [0, 0.05) is 0 Å². The third-order valence-electron chi connectivity index (χ3n) is 5.64. The largest absolute Gasteiger partial charge is 0.390 e. The molecule has 3 fully saturated rings. The predicted octanol–water partition coefficient (Wildman–Crippen LogP) is 2.52. The van der Waals surface area contributed by atoms with E-state index >= 15 is 0 Å². The Kier molecular flexibility index (Phi) is 2.99. The maximum absolute atomic E-state index is 11.0. The van der Waals surface area contributed by atoms with Gasteiger partial charge in [0.05, 0.1) is 5.60 Å². The molecule has 0 spiro atoms. The van der Waals surface area contributed by atoms with Crippen molar-refractivity contribution in [1.29, 1.82) is 0 Å². The molecule has 2 nitrogen and oxygen atoms in total. The highest BCUT2D eigenvalue weighted by atomic mass is 16.3. The van der Waals surface area contributed by atoms with Gasteiger partial charge in [-0.15, -0.1) is 0 Å². The summed E-state index contributed by atoms with van der Waals surface area (Å²) in [4.78, 5) is 2.23. The maximum Gasteiger partial charge on any atom is 0.0681 e. The third kappa shape index (κ3) is 2.15. The quantitative estimate of drug-likeness (QED) is 0.812. The molecular weight excluding hydrogens is 210 g/mol. The number of nitrogens with zero attached hydrogens (tertiary/aromatic N) is 1. The number of hydrogen-bond donors (Lipinski definition) is 1. The molecule has 0 aliphatic heterocycles. The highest BCUT2D eigenvalue weighted by Crippen LogP contribution is 2.59. The molecule has 17 heavy (non-hydrogen) atoms. The molecule has 0 aromatic heterocycles. The summed E-state index contributed by atoms with van der Waals surface area (Å²) in [6.07, 6.45) is 8.91. The highest BCUT2D eigenvalue weighted by Gasteiger charge is 2.54. The molecule has 3 aliphatic rings. The van der Waals surface area contributed by atoms with Gasteiger partial charge in [-0.3, -0.25) is 0 Å². The summed E-state index contributed by atoms with van der Waals surface area (Å²) in [7, 11) is 4.25. The minimum Gasteiger partial charge on any atom is -0.390 e. The van der Waals surface area contributed by atoms with Crippen LogP contribution >= 0.6 is 0 Å². The van der Waals surface area contributed by atoms with Crippen molar-refractivity contribution < 1.29 is 5.11 Å². The zero-order chi connectivity index (χ0) is 12.0. The lowest BCUT2D eigenvalue weighted by atomic mass is 9.64. The molecule has 1 N–H and O–H groups in total. The molecule has 0 saturated heterocycles. The van der Waals surface area contributed by atoms with Gasteiger partial charge in [0.2, 0.25) is 0 Å². The van der Waals surface area contributed by atoms with Crippen LogP contribution < -0.4 is 0 Å². The van der Waals surface area contributed by atoms with E-state index in [9.17, 15) is 5.11 Å². The van der Waals surface area contributed by atoms with Crippen LogP contribution in [0.4, 0.5) is 0 Å². The first-order valence-corrected chi connectivity index (χ1v) is 7.44. The molecule has 0 aromatic carbocycles. The number of fused-ring (bicyclic) bond motifs is 2. The molecule has 0 aromatic rings. The zero-order valence-corrected chi connectivity index (χ0v) is 11.4. The lowest BCUT2D eigenvalue weighted by Gasteiger charge is -2.45. The second-order valence-electron chi connectivity index (χ2n) is 7.26. The Bertz CT molecular complexity index is 289. The van der Waals surface area contributed by atoms with Gasteiger partial charge in [-0.05, 0) is 89.3 Å². The van der Waals surface area contributed by atoms with Crippen molar-refractivity contribution in [2.75, 3.05) is 20.6 Å². The van der Waals surface area contributed by atoms with Gasteiger partial charge in [-0.2, -0.15) is 0 Å². The van der Waals surface area contributed by atoms with Crippen LogP contribution in [0.5, 0.6) is 0 Å². The van der Waals surface area contributed by atoms with Crippen LogP contribution in [-0.4, -0.2) is 36.2 Å². The smallest absolute Gasteiger partial charge is 0.0681 e. The number of rotatable bonds is 4. The van der Waals surface area contributed by atoms with Gasteiger partial charge in [0.15, 0.2) is 0 Å². The van der Waals surface area contributed by atoms with Crippen molar-refractivity contribution in [3.63, 3.8) is 0 Å². The fraction of sp³-hybridized carbons (Fsp3) is 1.00. The lowest BCUT2D eigenvalue weighted by molar-refractivity contribution is -0.0879. The van der Waals surface area contributed by atoms with E-state index in [1.54, 1.807) is 0 Å². The maximum atomic E-state index is 11.0. The Balaban J connectivity index is 1.66. The van der Waals surface area contributed by atoms with E-state index in [1.165, 1.54) is 25.7 Å². The zero-order valence-electron chi connectivity index (χ0n) is 11.4. The molecule has 2 heteroatoms. The van der Waals surface area contributed by atoms with Crippen LogP contribution in [-0.2, 0) is 0 Å². The SMILES string of the molecule is CN(C)CCC[C@]1(O)C[C@@H]2C[C@@H]3CC1[C@H](C2)C3. The van der Waals surface area contributed by atoms with E-state index in [1.807, 2.05) is 0 Å². The Hall–Kier alpha value is -0.0800. The van der Waals surface area contributed by atoms with Crippen LogP contribution in [0.25, 0.3) is 0 Å². The van der Waals surface area contributed by atoms with Crippen molar-refractivity contribution >= 4 is 0 Å². The van der Waals surface area contributed by atoms with Crippen LogP contribution in [0.15, 0.2) is 0 Å². The van der Waals surface area contributed by atoms with Gasteiger partial charge in [-0.1, -0.05) is 0 Å². The summed E-state index contributed by atoms with van der Waals surface area (Å²) >= 11 is 0. The molecular formula is C15H27NO. The van der Waals surface area contributed by atoms with Gasteiger partial charge < -0.3 is 10.0 Å². The molecule has 98 valence electrons. The van der Waals surface area contributed by atoms with E-state index < -0.39 is 0 Å². The van der Waals surface area contributed by atoms with E-state index in [2.05, 4.69) is 19.0 Å². The molecule has 3 saturated carbocycles. The van der Waals surface area contributed by atoms with E-state index in [0.717, 1.165) is 43.6 Å². The Morgan fingerprint density at radius 3 is 2.65 bits per heavy atom. The van der Waals surface area contributed by atoms with Crippen molar-refractivity contribution in [3.8, 4) is 0 Å². The summed E-state index contributed by atoms with van der Waals surface area (Å²) in [5.74, 6) is 3.33. The minimum atomic E-state index is -0.297. The second kappa shape index (κ2) is 4.24. The normalized spacial score (nSPS) is 48.0. The standard InChI is InChI=1S/C15H27NO/c1-16(2)5-3-4-15(17)10-12-6-11-7-13(8-12)14(15)9-11/h11-14,17H,3-10H2,1-2H3/t11-,12+,13-,14?,15-/m0/s1. The number of hydrogen-bond acceptors (Lipinski definition) is 2. The fourth-order valence-corrected chi connectivity index (χ4v) is 5.15. The fourth-order valence-electron chi connectivity index (χ4n) is 5.15. The van der Waals surface area contributed by atoms with Crippen molar-refractivity contribution in [1.82, 2.24) is 4.90 Å². The topological polar surface area (TPSA) is 23.5 Å². The summed E-state index contributed by atoms with van der Waals surface area (Å²) in [6.45, 7) is 1.12. The molecule has 5 atom stereocenters. The van der Waals surface area contributed by atoms with Crippen LogP contribution in [0.3, 0.4) is 0 Å². The average molecular weight is 237 g/mol. The summed E-state index contributed by atoms with van der Waals surface area (Å²) in [6, 6.07) is 0. The van der Waals surface area contributed by atoms with Crippen molar-refractivity contribution in [3.05, 3.63) is 0 Å². The molecule has 0 amide bonds. The van der Waals surface area contributed by atoms with Crippen LogP contribution in [0, 0.1) is 23.7 Å². The van der Waals surface area contributed by atoms with Gasteiger partial charge in [0.25, 0.3) is 0 Å². The molecule has 0 radical (unpaired) electrons. The van der Waals surface area contributed by atoms with Crippen molar-refractivity contribution in [2.24, 2.45) is 23.7 Å². The molecule has 3 aliphatic carbocycles. The van der Waals surface area contributed by atoms with Gasteiger partial charge in [-0.25, -0.2) is 0 Å². The monoisotopic (exact) mass is 237 g/mol. The Morgan fingerprint density at radius 2 is 1.88 bits per heavy atom.